The van der Waals surface area contributed by atoms with Gasteiger partial charge in [-0.3, -0.25) is 14.5 Å². The first-order chi connectivity index (χ1) is 12.5. The molecule has 8 nitrogen and oxygen atoms in total. The van der Waals surface area contributed by atoms with Crippen LogP contribution in [0.4, 0.5) is 11.6 Å². The Bertz CT molecular complexity index is 900. The normalized spacial score (nSPS) is 24.2. The third-order valence-electron chi connectivity index (χ3n) is 4.86. The molecule has 0 radical (unpaired) electrons. The van der Waals surface area contributed by atoms with Crippen molar-refractivity contribution in [3.05, 3.63) is 47.3 Å². The second-order valence-electron chi connectivity index (χ2n) is 6.61. The third kappa shape index (κ3) is 2.59. The lowest BCUT2D eigenvalue weighted by Gasteiger charge is -2.41. The molecule has 2 aromatic rings. The van der Waals surface area contributed by atoms with Crippen LogP contribution in [0.2, 0.25) is 0 Å². The number of aromatic nitrogens is 2. The fourth-order valence-corrected chi connectivity index (χ4v) is 3.59. The predicted octanol–water partition coefficient (Wildman–Crippen LogP) is 1.38. The molecule has 3 atom stereocenters. The van der Waals surface area contributed by atoms with Crippen LogP contribution >= 0.6 is 0 Å². The van der Waals surface area contributed by atoms with Crippen molar-refractivity contribution in [2.24, 2.45) is 11.7 Å². The van der Waals surface area contributed by atoms with Gasteiger partial charge in [0.2, 0.25) is 11.9 Å². The number of anilines is 2. The standard InChI is InChI=1S/C18H19N5O3/c1-9-5-6-20-18(21-9)22-15-10(2)17-23(14(24)8-26-17)13-4-3-11(16(19)25)7-12(13)15/h3-7,10,15,17H,8H2,1-2H3,(H2,19,25)(H,20,21,22)/t10-,15-,17+/m1/s1. The van der Waals surface area contributed by atoms with Crippen molar-refractivity contribution < 1.29 is 14.3 Å². The monoisotopic (exact) mass is 353 g/mol. The molecule has 1 aromatic carbocycles. The van der Waals surface area contributed by atoms with Crippen molar-refractivity contribution in [2.75, 3.05) is 16.8 Å². The van der Waals surface area contributed by atoms with Gasteiger partial charge in [0.15, 0.2) is 0 Å². The summed E-state index contributed by atoms with van der Waals surface area (Å²) >= 11 is 0. The Morgan fingerprint density at radius 2 is 2.19 bits per heavy atom. The zero-order valence-corrected chi connectivity index (χ0v) is 14.5. The average molecular weight is 353 g/mol. The largest absolute Gasteiger partial charge is 0.366 e. The van der Waals surface area contributed by atoms with Crippen LogP contribution in [0.3, 0.4) is 0 Å². The maximum absolute atomic E-state index is 12.3. The van der Waals surface area contributed by atoms with Crippen LogP contribution in [0.25, 0.3) is 0 Å². The van der Waals surface area contributed by atoms with Crippen LogP contribution in [0.15, 0.2) is 30.5 Å². The van der Waals surface area contributed by atoms with Gasteiger partial charge in [0.05, 0.1) is 11.7 Å². The Labute approximate surface area is 150 Å². The molecule has 0 unspecified atom stereocenters. The van der Waals surface area contributed by atoms with Crippen molar-refractivity contribution in [3.63, 3.8) is 0 Å². The Morgan fingerprint density at radius 1 is 1.38 bits per heavy atom. The van der Waals surface area contributed by atoms with Gasteiger partial charge in [0.1, 0.15) is 12.8 Å². The van der Waals surface area contributed by atoms with E-state index >= 15 is 0 Å². The number of nitrogens with zero attached hydrogens (tertiary/aromatic N) is 3. The van der Waals surface area contributed by atoms with E-state index in [0.29, 0.717) is 17.2 Å². The number of fused-ring (bicyclic) bond motifs is 3. The SMILES string of the molecule is Cc1ccnc(N[C@H]2c3cc(C(N)=O)ccc3N3C(=O)CO[C@H]3[C@@H]2C)n1. The van der Waals surface area contributed by atoms with Gasteiger partial charge in [-0.15, -0.1) is 0 Å². The first-order valence-corrected chi connectivity index (χ1v) is 8.39. The van der Waals surface area contributed by atoms with Gasteiger partial charge in [-0.05, 0) is 36.8 Å². The van der Waals surface area contributed by atoms with Crippen LogP contribution in [-0.4, -0.2) is 34.6 Å². The molecule has 3 N–H and O–H groups in total. The van der Waals surface area contributed by atoms with Crippen molar-refractivity contribution in [3.8, 4) is 0 Å². The van der Waals surface area contributed by atoms with Crippen molar-refractivity contribution >= 4 is 23.5 Å². The maximum atomic E-state index is 12.3. The predicted molar refractivity (Wildman–Crippen MR) is 94.5 cm³/mol. The summed E-state index contributed by atoms with van der Waals surface area (Å²) in [5, 5.41) is 3.33. The van der Waals surface area contributed by atoms with Crippen LogP contribution in [0, 0.1) is 12.8 Å². The minimum Gasteiger partial charge on any atom is -0.366 e. The number of primary amides is 1. The molecule has 1 aromatic heterocycles. The number of rotatable bonds is 3. The zero-order chi connectivity index (χ0) is 18.4. The summed E-state index contributed by atoms with van der Waals surface area (Å²) < 4.78 is 5.71. The molecule has 2 aliphatic rings. The van der Waals surface area contributed by atoms with E-state index in [9.17, 15) is 9.59 Å². The molecule has 4 rings (SSSR count). The van der Waals surface area contributed by atoms with Gasteiger partial charge in [0.25, 0.3) is 5.91 Å². The molecule has 1 fully saturated rings. The van der Waals surface area contributed by atoms with E-state index in [-0.39, 0.29) is 30.7 Å². The summed E-state index contributed by atoms with van der Waals surface area (Å²) in [5.41, 5.74) is 8.18. The molecule has 0 spiro atoms. The van der Waals surface area contributed by atoms with E-state index in [2.05, 4.69) is 15.3 Å². The highest BCUT2D eigenvalue weighted by Gasteiger charge is 2.46. The molecule has 1 saturated heterocycles. The molecule has 26 heavy (non-hydrogen) atoms. The highest BCUT2D eigenvalue weighted by molar-refractivity contribution is 5.99. The van der Waals surface area contributed by atoms with E-state index in [0.717, 1.165) is 11.3 Å². The number of hydrogen-bond acceptors (Lipinski definition) is 6. The number of amides is 2. The summed E-state index contributed by atoms with van der Waals surface area (Å²) in [5.74, 6) is -0.214. The third-order valence-corrected chi connectivity index (χ3v) is 4.86. The van der Waals surface area contributed by atoms with Gasteiger partial charge in [-0.25, -0.2) is 9.97 Å². The van der Waals surface area contributed by atoms with Crippen molar-refractivity contribution in [1.82, 2.24) is 9.97 Å². The van der Waals surface area contributed by atoms with Crippen LogP contribution < -0.4 is 16.0 Å². The maximum Gasteiger partial charge on any atom is 0.255 e. The van der Waals surface area contributed by atoms with E-state index in [4.69, 9.17) is 10.5 Å². The first-order valence-electron chi connectivity index (χ1n) is 8.39. The van der Waals surface area contributed by atoms with Gasteiger partial charge in [-0.1, -0.05) is 6.92 Å². The molecule has 0 bridgehead atoms. The van der Waals surface area contributed by atoms with Gasteiger partial charge >= 0.3 is 0 Å². The summed E-state index contributed by atoms with van der Waals surface area (Å²) in [6.07, 6.45) is 1.30. The highest BCUT2D eigenvalue weighted by Crippen LogP contribution is 2.44. The molecule has 0 saturated carbocycles. The lowest BCUT2D eigenvalue weighted by Crippen LogP contribution is -2.46. The number of aryl methyl sites for hydroxylation is 1. The van der Waals surface area contributed by atoms with Crippen molar-refractivity contribution in [2.45, 2.75) is 26.1 Å². The highest BCUT2D eigenvalue weighted by atomic mass is 16.5. The molecule has 3 heterocycles. The molecular formula is C18H19N5O3. The number of nitrogens with one attached hydrogen (secondary N) is 1. The average Bonchev–Trinajstić information content (AvgIpc) is 3.00. The second kappa shape index (κ2) is 6.06. The number of ether oxygens (including phenoxy) is 1. The quantitative estimate of drug-likeness (QED) is 0.862. The molecular weight excluding hydrogens is 334 g/mol. The number of nitrogens with two attached hydrogens (primary N) is 1. The summed E-state index contributed by atoms with van der Waals surface area (Å²) in [4.78, 5) is 34.3. The summed E-state index contributed by atoms with van der Waals surface area (Å²) in [7, 11) is 0. The number of benzene rings is 1. The van der Waals surface area contributed by atoms with Crippen LogP contribution in [0.5, 0.6) is 0 Å². The number of carbonyl (C=O) groups is 2. The number of carbonyl (C=O) groups excluding carboxylic acids is 2. The van der Waals surface area contributed by atoms with Gasteiger partial charge < -0.3 is 15.8 Å². The minimum atomic E-state index is -0.517. The minimum absolute atomic E-state index is 0.0414. The molecule has 134 valence electrons. The lowest BCUT2D eigenvalue weighted by molar-refractivity contribution is -0.117. The van der Waals surface area contributed by atoms with E-state index in [1.807, 2.05) is 19.9 Å². The van der Waals surface area contributed by atoms with Crippen LogP contribution in [-0.2, 0) is 9.53 Å². The Balaban J connectivity index is 1.81. The fraction of sp³-hybridized carbons (Fsp3) is 0.333. The topological polar surface area (TPSA) is 110 Å². The van der Waals surface area contributed by atoms with Gasteiger partial charge in [0, 0.05) is 23.4 Å². The fourth-order valence-electron chi connectivity index (χ4n) is 3.59. The first kappa shape index (κ1) is 16.5. The lowest BCUT2D eigenvalue weighted by atomic mass is 9.86. The van der Waals surface area contributed by atoms with E-state index < -0.39 is 5.91 Å². The molecule has 8 heteroatoms. The van der Waals surface area contributed by atoms with Crippen LogP contribution in [0.1, 0.15) is 34.6 Å². The van der Waals surface area contributed by atoms with Gasteiger partial charge in [-0.2, -0.15) is 0 Å². The summed E-state index contributed by atoms with van der Waals surface area (Å²) in [6.45, 7) is 3.92. The Morgan fingerprint density at radius 3 is 2.92 bits per heavy atom. The smallest absolute Gasteiger partial charge is 0.255 e. The molecule has 0 aliphatic carbocycles. The molecule has 2 amide bonds. The van der Waals surface area contributed by atoms with E-state index in [1.54, 1.807) is 29.3 Å². The van der Waals surface area contributed by atoms with E-state index in [1.165, 1.54) is 0 Å². The summed E-state index contributed by atoms with van der Waals surface area (Å²) in [6, 6.07) is 6.67. The Hall–Kier alpha value is -3.00. The Kier molecular flexibility index (Phi) is 3.84. The zero-order valence-electron chi connectivity index (χ0n) is 14.5. The second-order valence-corrected chi connectivity index (χ2v) is 6.61. The molecule has 2 aliphatic heterocycles. The number of hydrogen-bond donors (Lipinski definition) is 2. The van der Waals surface area contributed by atoms with Crippen molar-refractivity contribution in [1.29, 1.82) is 0 Å².